The van der Waals surface area contributed by atoms with Crippen molar-refractivity contribution in [3.05, 3.63) is 0 Å². The summed E-state index contributed by atoms with van der Waals surface area (Å²) in [5.74, 6) is 1.29. The molecule has 1 saturated heterocycles. The van der Waals surface area contributed by atoms with Crippen LogP contribution in [0.3, 0.4) is 0 Å². The Kier molecular flexibility index (Phi) is 1.67. The number of nitrogens with two attached hydrogens (primary N) is 1. The molecule has 0 aromatic heterocycles. The van der Waals surface area contributed by atoms with Crippen LogP contribution < -0.4 is 5.73 Å². The van der Waals surface area contributed by atoms with Crippen molar-refractivity contribution in [1.29, 1.82) is 0 Å². The summed E-state index contributed by atoms with van der Waals surface area (Å²) in [5.41, 5.74) is 5.61. The molecule has 3 atom stereocenters. The van der Waals surface area contributed by atoms with Crippen LogP contribution in [0.1, 0.15) is 6.42 Å². The van der Waals surface area contributed by atoms with Crippen LogP contribution in [0.15, 0.2) is 0 Å². The quantitative estimate of drug-likeness (QED) is 0.613. The highest BCUT2D eigenvalue weighted by molar-refractivity contribution is 5.06. The Hall–Kier alpha value is -0.120. The summed E-state index contributed by atoms with van der Waals surface area (Å²) >= 11 is 0. The molecule has 64 valence electrons. The van der Waals surface area contributed by atoms with Gasteiger partial charge in [0.1, 0.15) is 0 Å². The lowest BCUT2D eigenvalue weighted by Crippen LogP contribution is -2.59. The first-order chi connectivity index (χ1) is 5.32. The molecule has 1 aliphatic carbocycles. The zero-order chi connectivity index (χ0) is 7.90. The van der Waals surface area contributed by atoms with Gasteiger partial charge in [-0.2, -0.15) is 0 Å². The molecule has 0 spiro atoms. The van der Waals surface area contributed by atoms with Crippen LogP contribution in [0.2, 0.25) is 0 Å². The maximum Gasteiger partial charge on any atom is 0.0857 e. The topological polar surface area (TPSA) is 44.5 Å². The molecular formula is C8H15NO2. The van der Waals surface area contributed by atoms with E-state index < -0.39 is 0 Å². The number of methoxy groups -OCH3 is 1. The molecule has 1 saturated carbocycles. The number of hydrogen-bond acceptors (Lipinski definition) is 3. The van der Waals surface area contributed by atoms with Gasteiger partial charge in [-0.1, -0.05) is 0 Å². The standard InChI is InChI=1S/C8H15NO2/c1-10-8(5-9)2-6-3-11-4-7(6)8/h6-7H,2-5,9H2,1H3. The molecule has 11 heavy (non-hydrogen) atoms. The summed E-state index contributed by atoms with van der Waals surface area (Å²) in [6.45, 7) is 2.39. The van der Waals surface area contributed by atoms with Gasteiger partial charge in [0.15, 0.2) is 0 Å². The van der Waals surface area contributed by atoms with Crippen LogP contribution in [-0.4, -0.2) is 32.5 Å². The van der Waals surface area contributed by atoms with E-state index in [0.717, 1.165) is 25.6 Å². The molecule has 0 bridgehead atoms. The van der Waals surface area contributed by atoms with Gasteiger partial charge in [-0.15, -0.1) is 0 Å². The van der Waals surface area contributed by atoms with E-state index in [9.17, 15) is 0 Å². The molecule has 1 heterocycles. The minimum atomic E-state index is -0.0405. The molecule has 2 aliphatic rings. The summed E-state index contributed by atoms with van der Waals surface area (Å²) in [5, 5.41) is 0. The lowest BCUT2D eigenvalue weighted by Gasteiger charge is -2.49. The minimum Gasteiger partial charge on any atom is -0.381 e. The van der Waals surface area contributed by atoms with Crippen LogP contribution in [-0.2, 0) is 9.47 Å². The minimum absolute atomic E-state index is 0.0405. The van der Waals surface area contributed by atoms with Gasteiger partial charge in [-0.3, -0.25) is 0 Å². The Labute approximate surface area is 66.8 Å². The van der Waals surface area contributed by atoms with E-state index >= 15 is 0 Å². The van der Waals surface area contributed by atoms with E-state index in [1.165, 1.54) is 0 Å². The Balaban J connectivity index is 2.06. The predicted octanol–water partition coefficient (Wildman–Crippen LogP) is -0.00340. The van der Waals surface area contributed by atoms with E-state index in [1.807, 2.05) is 0 Å². The Morgan fingerprint density at radius 2 is 2.45 bits per heavy atom. The number of ether oxygens (including phenoxy) is 2. The van der Waals surface area contributed by atoms with Crippen molar-refractivity contribution in [1.82, 2.24) is 0 Å². The SMILES string of the molecule is COC1(CN)CC2COCC21. The second-order valence-corrected chi connectivity index (χ2v) is 3.58. The molecule has 2 fully saturated rings. The van der Waals surface area contributed by atoms with Crippen molar-refractivity contribution >= 4 is 0 Å². The number of fused-ring (bicyclic) bond motifs is 1. The largest absolute Gasteiger partial charge is 0.381 e. The van der Waals surface area contributed by atoms with Crippen LogP contribution in [0, 0.1) is 11.8 Å². The van der Waals surface area contributed by atoms with Gasteiger partial charge >= 0.3 is 0 Å². The van der Waals surface area contributed by atoms with E-state index in [4.69, 9.17) is 15.2 Å². The van der Waals surface area contributed by atoms with Gasteiger partial charge < -0.3 is 15.2 Å². The summed E-state index contributed by atoms with van der Waals surface area (Å²) in [7, 11) is 1.75. The van der Waals surface area contributed by atoms with Gasteiger partial charge in [0.05, 0.1) is 12.2 Å². The summed E-state index contributed by atoms with van der Waals surface area (Å²) in [6, 6.07) is 0. The van der Waals surface area contributed by atoms with Crippen molar-refractivity contribution in [3.8, 4) is 0 Å². The van der Waals surface area contributed by atoms with Crippen molar-refractivity contribution in [2.75, 3.05) is 26.9 Å². The van der Waals surface area contributed by atoms with E-state index in [2.05, 4.69) is 0 Å². The molecule has 3 nitrogen and oxygen atoms in total. The normalized spacial score (nSPS) is 48.5. The van der Waals surface area contributed by atoms with Gasteiger partial charge in [-0.25, -0.2) is 0 Å². The first-order valence-electron chi connectivity index (χ1n) is 4.15. The second kappa shape index (κ2) is 2.44. The van der Waals surface area contributed by atoms with Gasteiger partial charge in [0.25, 0.3) is 0 Å². The highest BCUT2D eigenvalue weighted by atomic mass is 16.5. The lowest BCUT2D eigenvalue weighted by molar-refractivity contribution is -0.136. The van der Waals surface area contributed by atoms with E-state index in [1.54, 1.807) is 7.11 Å². The molecule has 3 heteroatoms. The van der Waals surface area contributed by atoms with Crippen molar-refractivity contribution in [2.24, 2.45) is 17.6 Å². The average Bonchev–Trinajstić information content (AvgIpc) is 2.37. The fourth-order valence-electron chi connectivity index (χ4n) is 2.37. The highest BCUT2D eigenvalue weighted by Gasteiger charge is 2.56. The Morgan fingerprint density at radius 1 is 1.64 bits per heavy atom. The van der Waals surface area contributed by atoms with Crippen LogP contribution in [0.4, 0.5) is 0 Å². The van der Waals surface area contributed by atoms with E-state index in [-0.39, 0.29) is 5.60 Å². The van der Waals surface area contributed by atoms with Gasteiger partial charge in [0, 0.05) is 26.2 Å². The third-order valence-electron chi connectivity index (χ3n) is 3.23. The zero-order valence-corrected chi connectivity index (χ0v) is 6.88. The molecule has 0 aromatic rings. The monoisotopic (exact) mass is 157 g/mol. The molecule has 3 unspecified atom stereocenters. The first kappa shape index (κ1) is 7.53. The van der Waals surface area contributed by atoms with Crippen LogP contribution >= 0.6 is 0 Å². The van der Waals surface area contributed by atoms with Gasteiger partial charge in [-0.05, 0) is 12.3 Å². The summed E-state index contributed by atoms with van der Waals surface area (Å²) < 4.78 is 10.8. The summed E-state index contributed by atoms with van der Waals surface area (Å²) in [4.78, 5) is 0. The Bertz CT molecular complexity index is 156. The maximum atomic E-state index is 5.65. The van der Waals surface area contributed by atoms with Crippen LogP contribution in [0.25, 0.3) is 0 Å². The highest BCUT2D eigenvalue weighted by Crippen LogP contribution is 2.49. The molecular weight excluding hydrogens is 142 g/mol. The third-order valence-corrected chi connectivity index (χ3v) is 3.23. The average molecular weight is 157 g/mol. The first-order valence-corrected chi connectivity index (χ1v) is 4.15. The lowest BCUT2D eigenvalue weighted by atomic mass is 9.63. The smallest absolute Gasteiger partial charge is 0.0857 e. The van der Waals surface area contributed by atoms with Crippen molar-refractivity contribution in [3.63, 3.8) is 0 Å². The predicted molar refractivity (Wildman–Crippen MR) is 41.2 cm³/mol. The second-order valence-electron chi connectivity index (χ2n) is 3.58. The van der Waals surface area contributed by atoms with E-state index in [0.29, 0.717) is 12.5 Å². The Morgan fingerprint density at radius 3 is 3.00 bits per heavy atom. The molecule has 1 aliphatic heterocycles. The number of hydrogen-bond donors (Lipinski definition) is 1. The molecule has 0 aromatic carbocycles. The fourth-order valence-corrected chi connectivity index (χ4v) is 2.37. The zero-order valence-electron chi connectivity index (χ0n) is 6.88. The van der Waals surface area contributed by atoms with Gasteiger partial charge in [0.2, 0.25) is 0 Å². The molecule has 0 radical (unpaired) electrons. The van der Waals surface area contributed by atoms with Crippen molar-refractivity contribution < 1.29 is 9.47 Å². The molecule has 2 rings (SSSR count). The molecule has 0 amide bonds. The molecule has 2 N–H and O–H groups in total. The third kappa shape index (κ3) is 0.849. The van der Waals surface area contributed by atoms with Crippen LogP contribution in [0.5, 0.6) is 0 Å². The maximum absolute atomic E-state index is 5.65. The number of rotatable bonds is 2. The van der Waals surface area contributed by atoms with Crippen molar-refractivity contribution in [2.45, 2.75) is 12.0 Å². The fraction of sp³-hybridized carbons (Fsp3) is 1.00. The summed E-state index contributed by atoms with van der Waals surface area (Å²) in [6.07, 6.45) is 1.09.